The third-order valence-electron chi connectivity index (χ3n) is 4.61. The Bertz CT molecular complexity index is 1230. The van der Waals surface area contributed by atoms with E-state index < -0.39 is 0 Å². The maximum absolute atomic E-state index is 12.6. The lowest BCUT2D eigenvalue weighted by atomic mass is 10.1. The van der Waals surface area contributed by atoms with Crippen molar-refractivity contribution in [1.29, 1.82) is 0 Å². The van der Waals surface area contributed by atoms with Gasteiger partial charge in [-0.25, -0.2) is 4.98 Å². The summed E-state index contributed by atoms with van der Waals surface area (Å²) in [5.74, 6) is 0.842. The summed E-state index contributed by atoms with van der Waals surface area (Å²) < 4.78 is 11.3. The van der Waals surface area contributed by atoms with Gasteiger partial charge in [-0.3, -0.25) is 4.79 Å². The number of fused-ring (bicyclic) bond motifs is 1. The van der Waals surface area contributed by atoms with Crippen molar-refractivity contribution in [2.45, 2.75) is 20.8 Å². The van der Waals surface area contributed by atoms with E-state index >= 15 is 0 Å². The van der Waals surface area contributed by atoms with E-state index in [1.54, 1.807) is 36.4 Å². The first kappa shape index (κ1) is 20.0. The zero-order valence-electron chi connectivity index (χ0n) is 17.0. The molecule has 1 aromatic heterocycles. The zero-order chi connectivity index (χ0) is 21.3. The molecule has 1 amide bonds. The van der Waals surface area contributed by atoms with Crippen LogP contribution in [0.15, 0.2) is 59.0 Å². The van der Waals surface area contributed by atoms with Gasteiger partial charge in [-0.1, -0.05) is 28.8 Å². The summed E-state index contributed by atoms with van der Waals surface area (Å²) >= 11 is 6.19. The van der Waals surface area contributed by atoms with Crippen molar-refractivity contribution >= 4 is 34.3 Å². The Balaban J connectivity index is 1.58. The third kappa shape index (κ3) is 4.16. The number of hydrogen-bond donors (Lipinski definition) is 1. The van der Waals surface area contributed by atoms with E-state index in [-0.39, 0.29) is 5.91 Å². The molecule has 4 aromatic rings. The summed E-state index contributed by atoms with van der Waals surface area (Å²) in [5.41, 5.74) is 5.62. The highest BCUT2D eigenvalue weighted by Crippen LogP contribution is 2.29. The average Bonchev–Trinajstić information content (AvgIpc) is 3.12. The lowest BCUT2D eigenvalue weighted by Crippen LogP contribution is -2.11. The lowest BCUT2D eigenvalue weighted by molar-refractivity contribution is 0.102. The molecule has 0 fully saturated rings. The summed E-state index contributed by atoms with van der Waals surface area (Å²) in [7, 11) is 0. The highest BCUT2D eigenvalue weighted by molar-refractivity contribution is 6.32. The standard InChI is InChI=1S/C24H21ClN2O3/c1-4-29-21-7-5-16(12-19(21)25)23(28)26-18-6-8-22-20(13-18)27-24(30-22)17-10-14(2)9-15(3)11-17/h5-13H,4H2,1-3H3,(H,26,28). The number of nitrogens with zero attached hydrogens (tertiary/aromatic N) is 1. The van der Waals surface area contributed by atoms with E-state index in [4.69, 9.17) is 20.8 Å². The quantitative estimate of drug-likeness (QED) is 0.404. The fourth-order valence-corrected chi connectivity index (χ4v) is 3.58. The Morgan fingerprint density at radius 1 is 1.07 bits per heavy atom. The van der Waals surface area contributed by atoms with Crippen molar-refractivity contribution in [3.05, 3.63) is 76.3 Å². The molecule has 0 spiro atoms. The summed E-state index contributed by atoms with van der Waals surface area (Å²) in [6, 6.07) is 16.5. The van der Waals surface area contributed by atoms with Gasteiger partial charge in [0.05, 0.1) is 11.6 Å². The maximum Gasteiger partial charge on any atom is 0.255 e. The van der Waals surface area contributed by atoms with Crippen LogP contribution in [-0.2, 0) is 0 Å². The van der Waals surface area contributed by atoms with Gasteiger partial charge in [0.2, 0.25) is 5.89 Å². The van der Waals surface area contributed by atoms with Crippen molar-refractivity contribution in [2.24, 2.45) is 0 Å². The van der Waals surface area contributed by atoms with Crippen LogP contribution in [0.5, 0.6) is 5.75 Å². The van der Waals surface area contributed by atoms with Gasteiger partial charge in [0, 0.05) is 16.8 Å². The van der Waals surface area contributed by atoms with E-state index in [0.717, 1.165) is 16.7 Å². The molecule has 0 aliphatic carbocycles. The number of hydrogen-bond acceptors (Lipinski definition) is 4. The Hall–Kier alpha value is -3.31. The molecule has 1 heterocycles. The molecule has 0 aliphatic rings. The molecule has 0 unspecified atom stereocenters. The summed E-state index contributed by atoms with van der Waals surface area (Å²) in [6.07, 6.45) is 0. The van der Waals surface area contributed by atoms with Crippen LogP contribution in [0.1, 0.15) is 28.4 Å². The Morgan fingerprint density at radius 3 is 2.53 bits per heavy atom. The number of anilines is 1. The SMILES string of the molecule is CCOc1ccc(C(=O)Nc2ccc3oc(-c4cc(C)cc(C)c4)nc3c2)cc1Cl. The van der Waals surface area contributed by atoms with Crippen LogP contribution < -0.4 is 10.1 Å². The molecule has 152 valence electrons. The highest BCUT2D eigenvalue weighted by Gasteiger charge is 2.13. The van der Waals surface area contributed by atoms with Crippen LogP contribution >= 0.6 is 11.6 Å². The van der Waals surface area contributed by atoms with E-state index in [1.807, 2.05) is 32.9 Å². The molecule has 3 aromatic carbocycles. The van der Waals surface area contributed by atoms with Gasteiger partial charge >= 0.3 is 0 Å². The van der Waals surface area contributed by atoms with Gasteiger partial charge in [0.1, 0.15) is 11.3 Å². The summed E-state index contributed by atoms with van der Waals surface area (Å²) in [4.78, 5) is 17.2. The molecule has 1 N–H and O–H groups in total. The van der Waals surface area contributed by atoms with Crippen molar-refractivity contribution in [3.63, 3.8) is 0 Å². The Labute approximate surface area is 179 Å². The molecular weight excluding hydrogens is 400 g/mol. The first-order chi connectivity index (χ1) is 14.4. The second-order valence-electron chi connectivity index (χ2n) is 7.11. The van der Waals surface area contributed by atoms with Crippen LogP contribution in [0.4, 0.5) is 5.69 Å². The number of carbonyl (C=O) groups excluding carboxylic acids is 1. The van der Waals surface area contributed by atoms with E-state index in [2.05, 4.69) is 16.4 Å². The van der Waals surface area contributed by atoms with Gasteiger partial charge in [0.15, 0.2) is 5.58 Å². The van der Waals surface area contributed by atoms with Crippen molar-refractivity contribution in [2.75, 3.05) is 11.9 Å². The summed E-state index contributed by atoms with van der Waals surface area (Å²) in [5, 5.41) is 3.27. The monoisotopic (exact) mass is 420 g/mol. The van der Waals surface area contributed by atoms with Crippen molar-refractivity contribution < 1.29 is 13.9 Å². The van der Waals surface area contributed by atoms with Crippen LogP contribution in [-0.4, -0.2) is 17.5 Å². The average molecular weight is 421 g/mol. The minimum Gasteiger partial charge on any atom is -0.492 e. The minimum atomic E-state index is -0.266. The first-order valence-electron chi connectivity index (χ1n) is 9.66. The van der Waals surface area contributed by atoms with Gasteiger partial charge < -0.3 is 14.5 Å². The van der Waals surface area contributed by atoms with Crippen LogP contribution in [0.3, 0.4) is 0 Å². The Morgan fingerprint density at radius 2 is 1.83 bits per heavy atom. The van der Waals surface area contributed by atoms with Gasteiger partial charge in [-0.15, -0.1) is 0 Å². The largest absolute Gasteiger partial charge is 0.492 e. The zero-order valence-corrected chi connectivity index (χ0v) is 17.7. The minimum absolute atomic E-state index is 0.266. The molecule has 30 heavy (non-hydrogen) atoms. The molecule has 6 heteroatoms. The number of ether oxygens (including phenoxy) is 1. The maximum atomic E-state index is 12.6. The molecule has 0 bridgehead atoms. The van der Waals surface area contributed by atoms with Crippen molar-refractivity contribution in [1.82, 2.24) is 4.98 Å². The van der Waals surface area contributed by atoms with E-state index in [9.17, 15) is 4.79 Å². The number of oxazole rings is 1. The topological polar surface area (TPSA) is 64.4 Å². The number of nitrogens with one attached hydrogen (secondary N) is 1. The molecule has 0 radical (unpaired) electrons. The third-order valence-corrected chi connectivity index (χ3v) is 4.90. The Kier molecular flexibility index (Phi) is 5.46. The van der Waals surface area contributed by atoms with E-state index in [0.29, 0.717) is 45.6 Å². The number of halogens is 1. The van der Waals surface area contributed by atoms with Crippen LogP contribution in [0.25, 0.3) is 22.6 Å². The molecule has 4 rings (SSSR count). The molecule has 5 nitrogen and oxygen atoms in total. The molecule has 0 saturated carbocycles. The fraction of sp³-hybridized carbons (Fsp3) is 0.167. The number of amides is 1. The fourth-order valence-electron chi connectivity index (χ4n) is 3.34. The van der Waals surface area contributed by atoms with Crippen LogP contribution in [0.2, 0.25) is 5.02 Å². The number of carbonyl (C=O) groups is 1. The predicted molar refractivity (Wildman–Crippen MR) is 119 cm³/mol. The smallest absolute Gasteiger partial charge is 0.255 e. The molecular formula is C24H21ClN2O3. The second-order valence-corrected chi connectivity index (χ2v) is 7.52. The lowest BCUT2D eigenvalue weighted by Gasteiger charge is -2.08. The number of rotatable bonds is 5. The summed E-state index contributed by atoms with van der Waals surface area (Å²) in [6.45, 7) is 6.47. The first-order valence-corrected chi connectivity index (χ1v) is 10.0. The predicted octanol–water partition coefficient (Wildman–Crippen LogP) is 6.42. The van der Waals surface area contributed by atoms with Gasteiger partial charge in [0.25, 0.3) is 5.91 Å². The second kappa shape index (κ2) is 8.20. The number of aromatic nitrogens is 1. The van der Waals surface area contributed by atoms with Gasteiger partial charge in [-0.05, 0) is 69.3 Å². The number of aryl methyl sites for hydroxylation is 2. The highest BCUT2D eigenvalue weighted by atomic mass is 35.5. The molecule has 0 aliphatic heterocycles. The molecule has 0 saturated heterocycles. The van der Waals surface area contributed by atoms with Gasteiger partial charge in [-0.2, -0.15) is 0 Å². The van der Waals surface area contributed by atoms with Crippen LogP contribution in [0, 0.1) is 13.8 Å². The van der Waals surface area contributed by atoms with E-state index in [1.165, 1.54) is 0 Å². The number of benzene rings is 3. The van der Waals surface area contributed by atoms with Crippen molar-refractivity contribution in [3.8, 4) is 17.2 Å². The molecule has 0 atom stereocenters. The normalized spacial score (nSPS) is 10.9.